The molecule has 0 radical (unpaired) electrons. The van der Waals surface area contributed by atoms with Crippen molar-refractivity contribution in [3.63, 3.8) is 0 Å². The van der Waals surface area contributed by atoms with Crippen molar-refractivity contribution in [3.8, 4) is 0 Å². The maximum absolute atomic E-state index is 10.6. The number of nitro groups is 1. The average Bonchev–Trinajstić information content (AvgIpc) is 2.37. The minimum absolute atomic E-state index is 0.00170. The largest absolute Gasteiger partial charge is 0.393 e. The molecule has 2 atom stereocenters. The molecule has 0 aliphatic heterocycles. The average molecular weight is 285 g/mol. The smallest absolute Gasteiger partial charge is 0.270 e. The number of nitrogens with one attached hydrogen (secondary N) is 1. The second-order valence-electron chi connectivity index (χ2n) is 4.93. The maximum Gasteiger partial charge on any atom is 0.270 e. The molecule has 1 aromatic rings. The van der Waals surface area contributed by atoms with Crippen LogP contribution in [0.5, 0.6) is 0 Å². The highest BCUT2D eigenvalue weighted by atomic mass is 35.5. The fourth-order valence-corrected chi connectivity index (χ4v) is 2.64. The minimum Gasteiger partial charge on any atom is -0.393 e. The van der Waals surface area contributed by atoms with Gasteiger partial charge in [0.2, 0.25) is 0 Å². The van der Waals surface area contributed by atoms with Crippen molar-refractivity contribution < 1.29 is 10.0 Å². The monoisotopic (exact) mass is 284 g/mol. The van der Waals surface area contributed by atoms with Crippen LogP contribution in [-0.4, -0.2) is 22.2 Å². The van der Waals surface area contributed by atoms with Crippen molar-refractivity contribution in [2.45, 2.75) is 44.4 Å². The molecule has 0 unspecified atom stereocenters. The summed E-state index contributed by atoms with van der Waals surface area (Å²) in [7, 11) is 0. The van der Waals surface area contributed by atoms with Gasteiger partial charge in [-0.1, -0.05) is 11.6 Å². The first kappa shape index (κ1) is 14.2. The number of benzene rings is 1. The zero-order valence-corrected chi connectivity index (χ0v) is 11.3. The van der Waals surface area contributed by atoms with E-state index in [2.05, 4.69) is 5.32 Å². The molecule has 0 spiro atoms. The van der Waals surface area contributed by atoms with E-state index in [9.17, 15) is 15.2 Å². The summed E-state index contributed by atoms with van der Waals surface area (Å²) in [6.07, 6.45) is 3.47. The number of nitro benzene ring substituents is 1. The molecule has 104 valence electrons. The highest BCUT2D eigenvalue weighted by Gasteiger charge is 2.19. The van der Waals surface area contributed by atoms with Crippen molar-refractivity contribution in [1.82, 2.24) is 5.32 Å². The Hall–Kier alpha value is -1.17. The van der Waals surface area contributed by atoms with Gasteiger partial charge in [0.1, 0.15) is 0 Å². The molecule has 1 aromatic carbocycles. The highest BCUT2D eigenvalue weighted by molar-refractivity contribution is 6.31. The number of halogens is 1. The lowest BCUT2D eigenvalue weighted by atomic mass is 9.93. The van der Waals surface area contributed by atoms with Crippen LogP contribution < -0.4 is 5.32 Å². The summed E-state index contributed by atoms with van der Waals surface area (Å²) >= 11 is 6.03. The molecule has 0 aromatic heterocycles. The van der Waals surface area contributed by atoms with Crippen LogP contribution in [0.2, 0.25) is 5.02 Å². The molecular weight excluding hydrogens is 268 g/mol. The Bertz CT molecular complexity index is 467. The molecule has 19 heavy (non-hydrogen) atoms. The summed E-state index contributed by atoms with van der Waals surface area (Å²) in [4.78, 5) is 10.2. The first-order chi connectivity index (χ1) is 9.06. The van der Waals surface area contributed by atoms with Gasteiger partial charge in [0.15, 0.2) is 0 Å². The van der Waals surface area contributed by atoms with Gasteiger partial charge in [-0.3, -0.25) is 10.1 Å². The molecule has 6 heteroatoms. The lowest BCUT2D eigenvalue weighted by molar-refractivity contribution is -0.384. The van der Waals surface area contributed by atoms with Gasteiger partial charge in [0, 0.05) is 24.7 Å². The zero-order valence-electron chi connectivity index (χ0n) is 10.5. The Balaban J connectivity index is 1.94. The van der Waals surface area contributed by atoms with Crippen molar-refractivity contribution in [2.24, 2.45) is 0 Å². The van der Waals surface area contributed by atoms with Gasteiger partial charge in [-0.05, 0) is 37.3 Å². The molecule has 2 rings (SSSR count). The molecule has 1 aliphatic rings. The second-order valence-corrected chi connectivity index (χ2v) is 5.34. The highest BCUT2D eigenvalue weighted by Crippen LogP contribution is 2.23. The Morgan fingerprint density at radius 2 is 2.26 bits per heavy atom. The van der Waals surface area contributed by atoms with Gasteiger partial charge in [0.25, 0.3) is 5.69 Å². The minimum atomic E-state index is -0.458. The van der Waals surface area contributed by atoms with E-state index in [-0.39, 0.29) is 17.8 Å². The van der Waals surface area contributed by atoms with Gasteiger partial charge in [-0.25, -0.2) is 0 Å². The second kappa shape index (κ2) is 6.32. The van der Waals surface area contributed by atoms with E-state index in [1.165, 1.54) is 12.1 Å². The summed E-state index contributed by atoms with van der Waals surface area (Å²) < 4.78 is 0. The predicted octanol–water partition coefficient (Wildman–Crippen LogP) is 2.64. The fourth-order valence-electron chi connectivity index (χ4n) is 2.40. The van der Waals surface area contributed by atoms with Crippen LogP contribution >= 0.6 is 11.6 Å². The third kappa shape index (κ3) is 3.89. The molecule has 0 bridgehead atoms. The lowest BCUT2D eigenvalue weighted by Gasteiger charge is -2.26. The van der Waals surface area contributed by atoms with E-state index in [4.69, 9.17) is 11.6 Å². The van der Waals surface area contributed by atoms with Gasteiger partial charge < -0.3 is 10.4 Å². The van der Waals surface area contributed by atoms with Crippen molar-refractivity contribution >= 4 is 17.3 Å². The first-order valence-corrected chi connectivity index (χ1v) is 6.78. The number of aliphatic hydroxyl groups excluding tert-OH is 1. The Labute approximate surface area is 116 Å². The fraction of sp³-hybridized carbons (Fsp3) is 0.538. The van der Waals surface area contributed by atoms with Crippen molar-refractivity contribution in [1.29, 1.82) is 0 Å². The molecule has 1 saturated carbocycles. The molecular formula is C13H17ClN2O3. The third-order valence-corrected chi connectivity index (χ3v) is 3.83. The third-order valence-electron chi connectivity index (χ3n) is 3.48. The quantitative estimate of drug-likeness (QED) is 0.658. The van der Waals surface area contributed by atoms with E-state index in [0.717, 1.165) is 31.2 Å². The Kier molecular flexibility index (Phi) is 4.74. The van der Waals surface area contributed by atoms with Crippen LogP contribution in [0, 0.1) is 10.1 Å². The van der Waals surface area contributed by atoms with Crippen molar-refractivity contribution in [2.75, 3.05) is 0 Å². The summed E-state index contributed by atoms with van der Waals surface area (Å²) in [5, 5.41) is 23.9. The topological polar surface area (TPSA) is 75.4 Å². The number of nitrogens with zero attached hydrogens (tertiary/aromatic N) is 1. The van der Waals surface area contributed by atoms with E-state index in [1.807, 2.05) is 0 Å². The normalized spacial score (nSPS) is 23.3. The van der Waals surface area contributed by atoms with Gasteiger partial charge in [-0.15, -0.1) is 0 Å². The standard InChI is InChI=1S/C13H17ClN2O3/c14-13-7-11(16(18)19)5-4-9(13)8-15-10-2-1-3-12(17)6-10/h4-5,7,10,12,15,17H,1-3,6,8H2/t10-,12+/m0/s1. The van der Waals surface area contributed by atoms with E-state index < -0.39 is 4.92 Å². The summed E-state index contributed by atoms with van der Waals surface area (Å²) in [5.41, 5.74) is 0.842. The predicted molar refractivity (Wildman–Crippen MR) is 73.2 cm³/mol. The number of hydrogen-bond donors (Lipinski definition) is 2. The first-order valence-electron chi connectivity index (χ1n) is 6.40. The van der Waals surface area contributed by atoms with Crippen LogP contribution in [-0.2, 0) is 6.54 Å². The van der Waals surface area contributed by atoms with Crippen LogP contribution in [0.15, 0.2) is 18.2 Å². The summed E-state index contributed by atoms with van der Waals surface area (Å²) in [6, 6.07) is 4.79. The molecule has 2 N–H and O–H groups in total. The number of aliphatic hydroxyl groups is 1. The number of hydrogen-bond acceptors (Lipinski definition) is 4. The summed E-state index contributed by atoms with van der Waals surface area (Å²) in [6.45, 7) is 0.564. The molecule has 0 saturated heterocycles. The molecule has 5 nitrogen and oxygen atoms in total. The van der Waals surface area contributed by atoms with Gasteiger partial charge in [0.05, 0.1) is 16.0 Å². The molecule has 0 heterocycles. The van der Waals surface area contributed by atoms with E-state index in [1.54, 1.807) is 6.07 Å². The Morgan fingerprint density at radius 3 is 2.89 bits per heavy atom. The van der Waals surface area contributed by atoms with Crippen LogP contribution in [0.3, 0.4) is 0 Å². The van der Waals surface area contributed by atoms with Crippen LogP contribution in [0.25, 0.3) is 0 Å². The molecule has 0 amide bonds. The Morgan fingerprint density at radius 1 is 1.47 bits per heavy atom. The number of rotatable bonds is 4. The summed E-state index contributed by atoms with van der Waals surface area (Å²) in [5.74, 6) is 0. The van der Waals surface area contributed by atoms with Crippen molar-refractivity contribution in [3.05, 3.63) is 38.9 Å². The zero-order chi connectivity index (χ0) is 13.8. The maximum atomic E-state index is 10.6. The van der Waals surface area contributed by atoms with Gasteiger partial charge in [-0.2, -0.15) is 0 Å². The SMILES string of the molecule is O=[N+]([O-])c1ccc(CN[C@H]2CCC[C@@H](O)C2)c(Cl)c1. The number of non-ortho nitro benzene ring substituents is 1. The van der Waals surface area contributed by atoms with Gasteiger partial charge >= 0.3 is 0 Å². The molecule has 1 fully saturated rings. The van der Waals surface area contributed by atoms with E-state index >= 15 is 0 Å². The van der Waals surface area contributed by atoms with Crippen LogP contribution in [0.1, 0.15) is 31.2 Å². The van der Waals surface area contributed by atoms with E-state index in [0.29, 0.717) is 11.6 Å². The van der Waals surface area contributed by atoms with Crippen LogP contribution in [0.4, 0.5) is 5.69 Å². The molecule has 1 aliphatic carbocycles. The lowest BCUT2D eigenvalue weighted by Crippen LogP contribution is -2.35.